The fraction of sp³-hybridized carbons (Fsp3) is 0.500. The van der Waals surface area contributed by atoms with Gasteiger partial charge in [-0.2, -0.15) is 0 Å². The summed E-state index contributed by atoms with van der Waals surface area (Å²) in [6.45, 7) is 4.18. The average molecular weight is 211 g/mol. The van der Waals surface area contributed by atoms with Crippen molar-refractivity contribution in [3.05, 3.63) is 35.9 Å². The van der Waals surface area contributed by atoms with Gasteiger partial charge in [0.1, 0.15) is 0 Å². The van der Waals surface area contributed by atoms with Crippen molar-refractivity contribution in [3.63, 3.8) is 0 Å². The van der Waals surface area contributed by atoms with E-state index in [0.717, 1.165) is 6.42 Å². The minimum Gasteiger partial charge on any atom is -0.366 e. The van der Waals surface area contributed by atoms with Gasteiger partial charge in [0.05, 0.1) is 17.1 Å². The largest absolute Gasteiger partial charge is 0.366 e. The van der Waals surface area contributed by atoms with Gasteiger partial charge >= 0.3 is 0 Å². The maximum Gasteiger partial charge on any atom is 0.0996 e. The van der Waals surface area contributed by atoms with E-state index < -0.39 is 0 Å². The van der Waals surface area contributed by atoms with Crippen LogP contribution in [0.1, 0.15) is 31.9 Å². The lowest BCUT2D eigenvalue weighted by molar-refractivity contribution is -0.0159. The van der Waals surface area contributed by atoms with Crippen molar-refractivity contribution >= 4 is 11.6 Å². The zero-order valence-electron chi connectivity index (χ0n) is 8.53. The van der Waals surface area contributed by atoms with Crippen LogP contribution in [-0.4, -0.2) is 11.0 Å². The molecule has 1 aliphatic rings. The van der Waals surface area contributed by atoms with Gasteiger partial charge in [-0.25, -0.2) is 0 Å². The molecule has 0 unspecified atom stereocenters. The Bertz CT molecular complexity index is 307. The molecule has 1 saturated heterocycles. The van der Waals surface area contributed by atoms with Gasteiger partial charge in [0.2, 0.25) is 0 Å². The van der Waals surface area contributed by atoms with Gasteiger partial charge in [0.25, 0.3) is 0 Å². The molecule has 0 aliphatic carbocycles. The van der Waals surface area contributed by atoms with Crippen molar-refractivity contribution < 1.29 is 4.74 Å². The Labute approximate surface area is 90.0 Å². The molecule has 0 amide bonds. The molecule has 0 aromatic heterocycles. The maximum atomic E-state index is 6.27. The van der Waals surface area contributed by atoms with Crippen LogP contribution in [-0.2, 0) is 4.74 Å². The van der Waals surface area contributed by atoms with Gasteiger partial charge in [0.15, 0.2) is 0 Å². The lowest BCUT2D eigenvalue weighted by atomic mass is 10.0. The summed E-state index contributed by atoms with van der Waals surface area (Å²) < 4.78 is 5.92. The van der Waals surface area contributed by atoms with Crippen molar-refractivity contribution in [2.45, 2.75) is 37.4 Å². The Morgan fingerprint density at radius 3 is 2.43 bits per heavy atom. The highest BCUT2D eigenvalue weighted by Crippen LogP contribution is 2.42. The highest BCUT2D eigenvalue weighted by Gasteiger charge is 2.39. The zero-order chi connectivity index (χ0) is 10.2. The summed E-state index contributed by atoms with van der Waals surface area (Å²) in [5.41, 5.74) is 1.09. The quantitative estimate of drug-likeness (QED) is 0.645. The van der Waals surface area contributed by atoms with Crippen LogP contribution < -0.4 is 0 Å². The maximum absolute atomic E-state index is 6.27. The molecule has 2 rings (SSSR count). The minimum absolute atomic E-state index is 0.0490. The lowest BCUT2D eigenvalue weighted by Gasteiger charge is -2.19. The minimum atomic E-state index is -0.0904. The predicted octanol–water partition coefficient (Wildman–Crippen LogP) is 3.53. The molecular weight excluding hydrogens is 196 g/mol. The molecule has 0 spiro atoms. The molecule has 2 atom stereocenters. The first kappa shape index (κ1) is 10.0. The van der Waals surface area contributed by atoms with Gasteiger partial charge in [0, 0.05) is 0 Å². The molecule has 1 nitrogen and oxygen atoms in total. The van der Waals surface area contributed by atoms with Crippen LogP contribution in [0.15, 0.2) is 30.3 Å². The summed E-state index contributed by atoms with van der Waals surface area (Å²) in [7, 11) is 0. The summed E-state index contributed by atoms with van der Waals surface area (Å²) in [4.78, 5) is 0. The van der Waals surface area contributed by atoms with E-state index in [9.17, 15) is 0 Å². The summed E-state index contributed by atoms with van der Waals surface area (Å²) in [6, 6.07) is 10.2. The fourth-order valence-electron chi connectivity index (χ4n) is 1.96. The molecular formula is C12H15ClO. The van der Waals surface area contributed by atoms with Crippen LogP contribution in [0.5, 0.6) is 0 Å². The molecule has 0 radical (unpaired) electrons. The number of alkyl halides is 1. The smallest absolute Gasteiger partial charge is 0.0996 e. The van der Waals surface area contributed by atoms with Crippen molar-refractivity contribution in [1.29, 1.82) is 0 Å². The van der Waals surface area contributed by atoms with Crippen LogP contribution >= 0.6 is 11.6 Å². The summed E-state index contributed by atoms with van der Waals surface area (Å²) in [5, 5.41) is 0.0902. The van der Waals surface area contributed by atoms with Crippen LogP contribution in [0.4, 0.5) is 0 Å². The Morgan fingerprint density at radius 2 is 1.93 bits per heavy atom. The monoisotopic (exact) mass is 210 g/mol. The summed E-state index contributed by atoms with van der Waals surface area (Å²) in [6.07, 6.45) is 0.960. The van der Waals surface area contributed by atoms with E-state index in [1.165, 1.54) is 5.56 Å². The number of rotatable bonds is 1. The van der Waals surface area contributed by atoms with Crippen molar-refractivity contribution in [3.8, 4) is 0 Å². The molecule has 76 valence electrons. The SMILES string of the molecule is CC1(C)C[C@@H](Cl)[C@H](c2ccccc2)O1. The van der Waals surface area contributed by atoms with Crippen molar-refractivity contribution in [1.82, 2.24) is 0 Å². The Balaban J connectivity index is 2.21. The summed E-state index contributed by atoms with van der Waals surface area (Å²) >= 11 is 6.27. The van der Waals surface area contributed by atoms with Gasteiger partial charge in [-0.1, -0.05) is 30.3 Å². The van der Waals surface area contributed by atoms with Crippen LogP contribution in [0.2, 0.25) is 0 Å². The number of benzene rings is 1. The van der Waals surface area contributed by atoms with Crippen molar-refractivity contribution in [2.24, 2.45) is 0 Å². The molecule has 1 fully saturated rings. The average Bonchev–Trinajstić information content (AvgIpc) is 2.41. The Hall–Kier alpha value is -0.530. The third-order valence-electron chi connectivity index (χ3n) is 2.59. The van der Waals surface area contributed by atoms with E-state index in [2.05, 4.69) is 26.0 Å². The number of hydrogen-bond donors (Lipinski definition) is 0. The van der Waals surface area contributed by atoms with Crippen LogP contribution in [0.3, 0.4) is 0 Å². The number of hydrogen-bond acceptors (Lipinski definition) is 1. The molecule has 1 aliphatic heterocycles. The molecule has 2 heteroatoms. The molecule has 0 N–H and O–H groups in total. The Morgan fingerprint density at radius 1 is 1.29 bits per heavy atom. The van der Waals surface area contributed by atoms with Gasteiger partial charge in [-0.15, -0.1) is 11.6 Å². The first-order valence-electron chi connectivity index (χ1n) is 4.95. The summed E-state index contributed by atoms with van der Waals surface area (Å²) in [5.74, 6) is 0. The van der Waals surface area contributed by atoms with E-state index in [1.54, 1.807) is 0 Å². The van der Waals surface area contributed by atoms with Crippen LogP contribution in [0, 0.1) is 0 Å². The van der Waals surface area contributed by atoms with Gasteiger partial charge < -0.3 is 4.74 Å². The van der Waals surface area contributed by atoms with E-state index >= 15 is 0 Å². The molecule has 0 saturated carbocycles. The molecule has 0 bridgehead atoms. The van der Waals surface area contributed by atoms with Gasteiger partial charge in [-0.3, -0.25) is 0 Å². The first-order valence-corrected chi connectivity index (χ1v) is 5.39. The normalized spacial score (nSPS) is 30.5. The fourth-order valence-corrected chi connectivity index (χ4v) is 2.53. The molecule has 14 heavy (non-hydrogen) atoms. The van der Waals surface area contributed by atoms with Gasteiger partial charge in [-0.05, 0) is 25.8 Å². The second-order valence-electron chi connectivity index (χ2n) is 4.43. The first-order chi connectivity index (χ1) is 6.58. The third kappa shape index (κ3) is 1.94. The van der Waals surface area contributed by atoms with E-state index in [1.807, 2.05) is 18.2 Å². The van der Waals surface area contributed by atoms with E-state index in [0.29, 0.717) is 0 Å². The second-order valence-corrected chi connectivity index (χ2v) is 4.99. The van der Waals surface area contributed by atoms with Crippen molar-refractivity contribution in [2.75, 3.05) is 0 Å². The third-order valence-corrected chi connectivity index (χ3v) is 2.97. The number of ether oxygens (including phenoxy) is 1. The second kappa shape index (κ2) is 3.56. The van der Waals surface area contributed by atoms with E-state index in [-0.39, 0.29) is 17.1 Å². The Kier molecular flexibility index (Phi) is 2.54. The predicted molar refractivity (Wildman–Crippen MR) is 58.6 cm³/mol. The molecule has 1 aromatic carbocycles. The standard InChI is InChI=1S/C12H15ClO/c1-12(2)8-10(13)11(14-12)9-6-4-3-5-7-9/h3-7,10-11H,8H2,1-2H3/t10-,11+/m1/s1. The molecule has 1 heterocycles. The van der Waals surface area contributed by atoms with Crippen LogP contribution in [0.25, 0.3) is 0 Å². The zero-order valence-corrected chi connectivity index (χ0v) is 9.29. The highest BCUT2D eigenvalue weighted by molar-refractivity contribution is 6.21. The number of halogens is 1. The lowest BCUT2D eigenvalue weighted by Crippen LogP contribution is -2.17. The van der Waals surface area contributed by atoms with E-state index in [4.69, 9.17) is 16.3 Å². The highest BCUT2D eigenvalue weighted by atomic mass is 35.5. The topological polar surface area (TPSA) is 9.23 Å². The molecule has 1 aromatic rings.